The summed E-state index contributed by atoms with van der Waals surface area (Å²) >= 11 is 0. The van der Waals surface area contributed by atoms with Crippen molar-refractivity contribution >= 4 is 39.7 Å². The summed E-state index contributed by atoms with van der Waals surface area (Å²) in [6.45, 7) is 4.24. The predicted molar refractivity (Wildman–Crippen MR) is 120 cm³/mol. The molecule has 3 N–H and O–H groups in total. The van der Waals surface area contributed by atoms with Crippen LogP contribution >= 0.6 is 0 Å². The minimum atomic E-state index is -4.43. The molecule has 0 spiro atoms. The summed E-state index contributed by atoms with van der Waals surface area (Å²) in [7, 11) is -3.01. The molecule has 1 fully saturated rings. The van der Waals surface area contributed by atoms with E-state index >= 15 is 4.39 Å². The van der Waals surface area contributed by atoms with E-state index in [1.165, 1.54) is 12.0 Å². The Balaban J connectivity index is 1.98. The summed E-state index contributed by atoms with van der Waals surface area (Å²) in [6, 6.07) is -0.0568. The molecule has 3 rings (SSSR count). The molecule has 0 aromatic heterocycles. The lowest BCUT2D eigenvalue weighted by molar-refractivity contribution is -0.117. The van der Waals surface area contributed by atoms with Gasteiger partial charge in [-0.15, -0.1) is 0 Å². The van der Waals surface area contributed by atoms with Gasteiger partial charge in [-0.1, -0.05) is 0 Å². The third-order valence-electron chi connectivity index (χ3n) is 5.29. The molecular formula is C20H27FN4O9S. The standard InChI is InChI=1S/C20H27FN4O9S/c1-20(2,3)34-19(30)23(5-6-33-4)9-11-7-12-13(25(11)18(28)29)8-14(26)17(16(12)21)24-10-15(27)22-35(24,31)32/h8,11,26H,5-7,9-10H2,1-4H3,(H,22,27)(H,28,29)/t11-/m1/s1. The number of carbonyl (C=O) groups is 3. The van der Waals surface area contributed by atoms with Crippen LogP contribution in [0.1, 0.15) is 26.3 Å². The Morgan fingerprint density at radius 3 is 2.51 bits per heavy atom. The summed E-state index contributed by atoms with van der Waals surface area (Å²) in [5, 5.41) is 20.3. The molecular weight excluding hydrogens is 491 g/mol. The SMILES string of the molecule is COCCN(C[C@H]1Cc2c(cc(O)c(N3CC(=O)NS3(=O)=O)c2F)N1C(=O)O)C(=O)OC(C)(C)C. The smallest absolute Gasteiger partial charge is 0.412 e. The molecule has 0 saturated carbocycles. The van der Waals surface area contributed by atoms with Crippen LogP contribution in [0, 0.1) is 5.82 Å². The third-order valence-corrected chi connectivity index (χ3v) is 6.66. The van der Waals surface area contributed by atoms with Crippen molar-refractivity contribution in [1.82, 2.24) is 9.62 Å². The normalized spacial score (nSPS) is 18.9. The maximum Gasteiger partial charge on any atom is 0.412 e. The number of anilines is 2. The highest BCUT2D eigenvalue weighted by molar-refractivity contribution is 7.92. The first kappa shape index (κ1) is 26.3. The molecule has 35 heavy (non-hydrogen) atoms. The van der Waals surface area contributed by atoms with Crippen LogP contribution in [0.2, 0.25) is 0 Å². The van der Waals surface area contributed by atoms with Crippen molar-refractivity contribution in [1.29, 1.82) is 0 Å². The van der Waals surface area contributed by atoms with E-state index in [0.29, 0.717) is 4.31 Å². The highest BCUT2D eigenvalue weighted by Gasteiger charge is 2.43. The summed E-state index contributed by atoms with van der Waals surface area (Å²) in [5.41, 5.74) is -1.98. The van der Waals surface area contributed by atoms with Gasteiger partial charge in [0.15, 0.2) is 5.82 Å². The van der Waals surface area contributed by atoms with E-state index in [1.807, 2.05) is 0 Å². The lowest BCUT2D eigenvalue weighted by atomic mass is 10.1. The second-order valence-electron chi connectivity index (χ2n) is 9.02. The number of carboxylic acid groups (broad SMARTS) is 1. The molecule has 1 saturated heterocycles. The number of hydrogen-bond acceptors (Lipinski definition) is 8. The number of methoxy groups -OCH3 is 1. The highest BCUT2D eigenvalue weighted by Crippen LogP contribution is 2.44. The molecule has 194 valence electrons. The molecule has 1 aromatic rings. The van der Waals surface area contributed by atoms with Gasteiger partial charge in [0, 0.05) is 38.2 Å². The number of aromatic hydroxyl groups is 1. The second-order valence-corrected chi connectivity index (χ2v) is 10.6. The summed E-state index contributed by atoms with van der Waals surface area (Å²) < 4.78 is 52.4. The molecule has 2 heterocycles. The van der Waals surface area contributed by atoms with Crippen molar-refractivity contribution in [2.75, 3.05) is 42.6 Å². The van der Waals surface area contributed by atoms with E-state index in [2.05, 4.69) is 0 Å². The second kappa shape index (κ2) is 9.37. The maximum atomic E-state index is 15.5. The van der Waals surface area contributed by atoms with Gasteiger partial charge in [0.25, 0.3) is 5.91 Å². The molecule has 0 aliphatic carbocycles. The van der Waals surface area contributed by atoms with Gasteiger partial charge in [0.1, 0.15) is 23.6 Å². The minimum Gasteiger partial charge on any atom is -0.506 e. The number of phenolic OH excluding ortho intramolecular Hbond substituents is 1. The lowest BCUT2D eigenvalue weighted by Gasteiger charge is -2.31. The highest BCUT2D eigenvalue weighted by atomic mass is 32.2. The number of halogens is 1. The molecule has 0 radical (unpaired) electrons. The number of hydrogen-bond donors (Lipinski definition) is 3. The molecule has 13 nitrogen and oxygen atoms in total. The lowest BCUT2D eigenvalue weighted by Crippen LogP contribution is -2.48. The van der Waals surface area contributed by atoms with Gasteiger partial charge in [0.2, 0.25) is 0 Å². The van der Waals surface area contributed by atoms with Gasteiger partial charge in [-0.05, 0) is 20.8 Å². The first-order valence-corrected chi connectivity index (χ1v) is 12.0. The van der Waals surface area contributed by atoms with Gasteiger partial charge in [-0.2, -0.15) is 8.42 Å². The first-order valence-electron chi connectivity index (χ1n) is 10.5. The van der Waals surface area contributed by atoms with Crippen LogP contribution in [0.25, 0.3) is 0 Å². The topological polar surface area (TPSA) is 166 Å². The van der Waals surface area contributed by atoms with E-state index in [0.717, 1.165) is 11.0 Å². The quantitative estimate of drug-likeness (QED) is 0.498. The molecule has 0 unspecified atom stereocenters. The Morgan fingerprint density at radius 2 is 2.00 bits per heavy atom. The largest absolute Gasteiger partial charge is 0.506 e. The van der Waals surface area contributed by atoms with E-state index in [4.69, 9.17) is 9.47 Å². The zero-order chi connectivity index (χ0) is 26.3. The number of benzene rings is 1. The Morgan fingerprint density at radius 1 is 1.34 bits per heavy atom. The molecule has 15 heteroatoms. The molecule has 0 bridgehead atoms. The Labute approximate surface area is 201 Å². The molecule has 3 amide bonds. The number of phenols is 1. The van der Waals surface area contributed by atoms with Gasteiger partial charge < -0.3 is 24.6 Å². The fourth-order valence-electron chi connectivity index (χ4n) is 3.91. The van der Waals surface area contributed by atoms with Crippen LogP contribution < -0.4 is 13.9 Å². The van der Waals surface area contributed by atoms with Crippen molar-refractivity contribution in [3.05, 3.63) is 17.4 Å². The summed E-state index contributed by atoms with van der Waals surface area (Å²) in [6.07, 6.45) is -2.43. The van der Waals surface area contributed by atoms with Gasteiger partial charge >= 0.3 is 22.4 Å². The van der Waals surface area contributed by atoms with E-state index in [9.17, 15) is 33.0 Å². The number of ether oxygens (including phenoxy) is 2. The van der Waals surface area contributed by atoms with Crippen molar-refractivity contribution in [3.8, 4) is 5.75 Å². The van der Waals surface area contributed by atoms with Crippen LogP contribution in [0.15, 0.2) is 6.07 Å². The third kappa shape index (κ3) is 5.35. The summed E-state index contributed by atoms with van der Waals surface area (Å²) in [5.74, 6) is -2.97. The van der Waals surface area contributed by atoms with E-state index in [-0.39, 0.29) is 37.4 Å². The van der Waals surface area contributed by atoms with E-state index in [1.54, 1.807) is 25.5 Å². The zero-order valence-electron chi connectivity index (χ0n) is 19.6. The molecule has 2 aliphatic heterocycles. The number of fused-ring (bicyclic) bond motifs is 1. The van der Waals surface area contributed by atoms with Crippen molar-refractivity contribution in [3.63, 3.8) is 0 Å². The van der Waals surface area contributed by atoms with Crippen LogP contribution in [-0.2, 0) is 30.9 Å². The van der Waals surface area contributed by atoms with E-state index < -0.39 is 63.7 Å². The van der Waals surface area contributed by atoms with Crippen LogP contribution in [0.5, 0.6) is 5.75 Å². The average Bonchev–Trinajstić information content (AvgIpc) is 3.19. The van der Waals surface area contributed by atoms with Crippen LogP contribution in [0.3, 0.4) is 0 Å². The Hall–Kier alpha value is -3.33. The Bertz CT molecular complexity index is 1150. The number of carbonyl (C=O) groups excluding carboxylic acids is 2. The van der Waals surface area contributed by atoms with Crippen LogP contribution in [-0.4, -0.2) is 86.6 Å². The summed E-state index contributed by atoms with van der Waals surface area (Å²) in [4.78, 5) is 38.4. The number of nitrogens with zero attached hydrogens (tertiary/aromatic N) is 3. The fraction of sp³-hybridized carbons (Fsp3) is 0.550. The fourth-order valence-corrected chi connectivity index (χ4v) is 5.08. The maximum absolute atomic E-state index is 15.5. The molecule has 1 aromatic carbocycles. The van der Waals surface area contributed by atoms with Gasteiger partial charge in [-0.25, -0.2) is 23.0 Å². The number of rotatable bonds is 6. The zero-order valence-corrected chi connectivity index (χ0v) is 20.4. The average molecular weight is 519 g/mol. The number of nitrogens with one attached hydrogen (secondary N) is 1. The predicted octanol–water partition coefficient (Wildman–Crippen LogP) is 1.00. The van der Waals surface area contributed by atoms with Gasteiger partial charge in [-0.3, -0.25) is 9.69 Å². The minimum absolute atomic E-state index is 0.0600. The van der Waals surface area contributed by atoms with Crippen molar-refractivity contribution < 1.29 is 46.9 Å². The van der Waals surface area contributed by atoms with Crippen molar-refractivity contribution in [2.45, 2.75) is 38.8 Å². The number of amides is 3. The molecule has 1 atom stereocenters. The van der Waals surface area contributed by atoms with Crippen molar-refractivity contribution in [2.24, 2.45) is 0 Å². The first-order chi connectivity index (χ1) is 16.2. The monoisotopic (exact) mass is 518 g/mol. The molecule has 2 aliphatic rings. The Kier molecular flexibility index (Phi) is 7.04. The van der Waals surface area contributed by atoms with Crippen LogP contribution in [0.4, 0.5) is 25.4 Å². The van der Waals surface area contributed by atoms with Gasteiger partial charge in [0.05, 0.1) is 18.3 Å².